The summed E-state index contributed by atoms with van der Waals surface area (Å²) in [4.78, 5) is 4.74. The van der Waals surface area contributed by atoms with E-state index in [0.717, 1.165) is 24.3 Å². The van der Waals surface area contributed by atoms with Crippen molar-refractivity contribution in [1.29, 1.82) is 0 Å². The van der Waals surface area contributed by atoms with E-state index in [0.29, 0.717) is 30.6 Å². The van der Waals surface area contributed by atoms with Crippen LogP contribution < -0.4 is 20.1 Å². The number of nitrogens with one attached hydrogen (secondary N) is 2. The van der Waals surface area contributed by atoms with E-state index in [4.69, 9.17) is 14.5 Å². The van der Waals surface area contributed by atoms with E-state index < -0.39 is 0 Å². The summed E-state index contributed by atoms with van der Waals surface area (Å²) >= 11 is 0. The van der Waals surface area contributed by atoms with Gasteiger partial charge in [0.05, 0.1) is 26.8 Å². The van der Waals surface area contributed by atoms with E-state index in [1.165, 1.54) is 5.56 Å². The van der Waals surface area contributed by atoms with Gasteiger partial charge in [0.1, 0.15) is 0 Å². The molecular weight excluding hydrogens is 378 g/mol. The Hall–Kier alpha value is -3.48. The van der Waals surface area contributed by atoms with Gasteiger partial charge in [-0.3, -0.25) is 4.68 Å². The van der Waals surface area contributed by atoms with Crippen LogP contribution in [0.15, 0.2) is 65.9 Å². The highest BCUT2D eigenvalue weighted by molar-refractivity contribution is 5.93. The van der Waals surface area contributed by atoms with Crippen LogP contribution in [0.3, 0.4) is 0 Å². The van der Waals surface area contributed by atoms with Crippen LogP contribution in [0.4, 0.5) is 5.69 Å². The van der Waals surface area contributed by atoms with Gasteiger partial charge in [0.2, 0.25) is 0 Å². The van der Waals surface area contributed by atoms with Crippen molar-refractivity contribution in [3.63, 3.8) is 0 Å². The molecule has 0 aliphatic rings. The zero-order valence-electron chi connectivity index (χ0n) is 17.8. The second-order valence-corrected chi connectivity index (χ2v) is 6.64. The Morgan fingerprint density at radius 3 is 2.67 bits per heavy atom. The van der Waals surface area contributed by atoms with E-state index in [1.54, 1.807) is 13.3 Å². The lowest BCUT2D eigenvalue weighted by atomic mass is 10.1. The number of anilines is 1. The molecule has 0 unspecified atom stereocenters. The molecule has 2 aromatic carbocycles. The van der Waals surface area contributed by atoms with Gasteiger partial charge in [-0.2, -0.15) is 5.10 Å². The molecule has 3 aromatic rings. The fraction of sp³-hybridized carbons (Fsp3) is 0.304. The number of benzene rings is 2. The van der Waals surface area contributed by atoms with Gasteiger partial charge >= 0.3 is 0 Å². The van der Waals surface area contributed by atoms with Gasteiger partial charge in [0.15, 0.2) is 17.5 Å². The van der Waals surface area contributed by atoms with Crippen LogP contribution in [0.5, 0.6) is 11.5 Å². The number of guanidine groups is 1. The first-order chi connectivity index (χ1) is 14.7. The second-order valence-electron chi connectivity index (χ2n) is 6.64. The summed E-state index contributed by atoms with van der Waals surface area (Å²) in [5, 5.41) is 10.9. The number of rotatable bonds is 9. The first-order valence-electron chi connectivity index (χ1n) is 10.1. The lowest BCUT2D eigenvalue weighted by molar-refractivity contribution is 0.311. The molecule has 0 saturated carbocycles. The lowest BCUT2D eigenvalue weighted by Gasteiger charge is -2.14. The molecule has 0 atom stereocenters. The fourth-order valence-electron chi connectivity index (χ4n) is 3.04. The van der Waals surface area contributed by atoms with Crippen molar-refractivity contribution in [3.8, 4) is 11.5 Å². The fourth-order valence-corrected chi connectivity index (χ4v) is 3.04. The molecule has 0 saturated heterocycles. The first kappa shape index (κ1) is 21.2. The Labute approximate surface area is 177 Å². The molecule has 0 radical (unpaired) electrons. The van der Waals surface area contributed by atoms with E-state index in [2.05, 4.69) is 40.0 Å². The van der Waals surface area contributed by atoms with Crippen LogP contribution >= 0.6 is 0 Å². The molecule has 2 N–H and O–H groups in total. The minimum Gasteiger partial charge on any atom is -0.493 e. The predicted octanol–water partition coefficient (Wildman–Crippen LogP) is 3.92. The largest absolute Gasteiger partial charge is 0.493 e. The normalized spacial score (nSPS) is 11.2. The molecule has 0 amide bonds. The van der Waals surface area contributed by atoms with Crippen LogP contribution in [-0.2, 0) is 13.1 Å². The van der Waals surface area contributed by atoms with Gasteiger partial charge in [0, 0.05) is 30.7 Å². The van der Waals surface area contributed by atoms with E-state index in [9.17, 15) is 0 Å². The van der Waals surface area contributed by atoms with Crippen LogP contribution in [0.2, 0.25) is 0 Å². The minimum atomic E-state index is 0.566. The molecule has 0 fully saturated rings. The third-order valence-electron chi connectivity index (χ3n) is 4.39. The van der Waals surface area contributed by atoms with Crippen molar-refractivity contribution < 1.29 is 9.47 Å². The van der Waals surface area contributed by atoms with E-state index in [1.807, 2.05) is 49.0 Å². The summed E-state index contributed by atoms with van der Waals surface area (Å²) in [5.74, 6) is 2.12. The van der Waals surface area contributed by atoms with Crippen LogP contribution in [0, 0.1) is 0 Å². The predicted molar refractivity (Wildman–Crippen MR) is 120 cm³/mol. The summed E-state index contributed by atoms with van der Waals surface area (Å²) in [7, 11) is 1.64. The average molecular weight is 408 g/mol. The molecule has 30 heavy (non-hydrogen) atoms. The van der Waals surface area contributed by atoms with Crippen LogP contribution in [0.25, 0.3) is 0 Å². The molecule has 7 heteroatoms. The zero-order valence-corrected chi connectivity index (χ0v) is 17.8. The molecule has 158 valence electrons. The molecule has 7 nitrogen and oxygen atoms in total. The van der Waals surface area contributed by atoms with Crippen molar-refractivity contribution in [2.75, 3.05) is 25.6 Å². The van der Waals surface area contributed by atoms with Crippen molar-refractivity contribution in [3.05, 3.63) is 72.1 Å². The van der Waals surface area contributed by atoms with Gasteiger partial charge in [-0.1, -0.05) is 24.3 Å². The number of hydrogen-bond donors (Lipinski definition) is 2. The standard InChI is InChI=1S/C23H29N5O2/c1-4-24-23(27-20-10-11-21(29-3)22(15-20)30-5-2)25-16-18-8-6-9-19(14-18)17-28-13-7-12-26-28/h6-15H,4-5,16-17H2,1-3H3,(H2,24,25,27). The topological polar surface area (TPSA) is 72.7 Å². The summed E-state index contributed by atoms with van der Waals surface area (Å²) in [5.41, 5.74) is 3.22. The maximum Gasteiger partial charge on any atom is 0.196 e. The van der Waals surface area contributed by atoms with Crippen molar-refractivity contribution >= 4 is 11.6 Å². The van der Waals surface area contributed by atoms with Gasteiger partial charge in [0.25, 0.3) is 0 Å². The van der Waals surface area contributed by atoms with E-state index >= 15 is 0 Å². The maximum absolute atomic E-state index is 5.66. The van der Waals surface area contributed by atoms with Gasteiger partial charge in [-0.05, 0) is 43.2 Å². The number of methoxy groups -OCH3 is 1. The first-order valence-corrected chi connectivity index (χ1v) is 10.1. The highest BCUT2D eigenvalue weighted by atomic mass is 16.5. The summed E-state index contributed by atoms with van der Waals surface area (Å²) in [6.45, 7) is 6.64. The highest BCUT2D eigenvalue weighted by Gasteiger charge is 2.07. The molecule has 1 aromatic heterocycles. The third kappa shape index (κ3) is 6.01. The molecule has 0 bridgehead atoms. The molecular formula is C23H29N5O2. The quantitative estimate of drug-likeness (QED) is 0.416. The van der Waals surface area contributed by atoms with Gasteiger partial charge in [-0.25, -0.2) is 4.99 Å². The summed E-state index contributed by atoms with van der Waals surface area (Å²) in [6, 6.07) is 16.1. The SMILES string of the molecule is CCNC(=NCc1cccc(Cn2cccn2)c1)Nc1ccc(OC)c(OCC)c1. The van der Waals surface area contributed by atoms with Gasteiger partial charge < -0.3 is 20.1 Å². The molecule has 0 spiro atoms. The second kappa shape index (κ2) is 10.9. The van der Waals surface area contributed by atoms with Crippen molar-refractivity contribution in [2.24, 2.45) is 4.99 Å². The Kier molecular flexibility index (Phi) is 7.71. The third-order valence-corrected chi connectivity index (χ3v) is 4.39. The molecule has 3 rings (SSSR count). The maximum atomic E-state index is 5.66. The Bertz CT molecular complexity index is 954. The average Bonchev–Trinajstić information content (AvgIpc) is 3.26. The lowest BCUT2D eigenvalue weighted by Crippen LogP contribution is -2.30. The number of ether oxygens (including phenoxy) is 2. The Balaban J connectivity index is 1.71. The van der Waals surface area contributed by atoms with E-state index in [-0.39, 0.29) is 0 Å². The number of hydrogen-bond acceptors (Lipinski definition) is 4. The van der Waals surface area contributed by atoms with Crippen LogP contribution in [0.1, 0.15) is 25.0 Å². The molecule has 0 aliphatic heterocycles. The summed E-state index contributed by atoms with van der Waals surface area (Å²) in [6.07, 6.45) is 3.75. The monoisotopic (exact) mass is 407 g/mol. The van der Waals surface area contributed by atoms with Gasteiger partial charge in [-0.15, -0.1) is 0 Å². The van der Waals surface area contributed by atoms with Crippen LogP contribution in [-0.4, -0.2) is 36.0 Å². The number of nitrogens with zero attached hydrogens (tertiary/aromatic N) is 3. The number of aromatic nitrogens is 2. The van der Waals surface area contributed by atoms with Crippen molar-refractivity contribution in [1.82, 2.24) is 15.1 Å². The van der Waals surface area contributed by atoms with Crippen molar-refractivity contribution in [2.45, 2.75) is 26.9 Å². The molecule has 1 heterocycles. The molecule has 0 aliphatic carbocycles. The zero-order chi connectivity index (χ0) is 21.2. The highest BCUT2D eigenvalue weighted by Crippen LogP contribution is 2.30. The Morgan fingerprint density at radius 2 is 1.93 bits per heavy atom. The smallest absolute Gasteiger partial charge is 0.196 e. The number of aliphatic imine (C=N–C) groups is 1. The minimum absolute atomic E-state index is 0.566. The summed E-state index contributed by atoms with van der Waals surface area (Å²) < 4.78 is 12.9. The Morgan fingerprint density at radius 1 is 1.07 bits per heavy atom.